The number of halogens is 2. The third-order valence-electron chi connectivity index (χ3n) is 4.99. The van der Waals surface area contributed by atoms with Crippen LogP contribution in [-0.4, -0.2) is 23.1 Å². The Hall–Kier alpha value is -2.08. The van der Waals surface area contributed by atoms with E-state index in [1.165, 1.54) is 0 Å². The maximum absolute atomic E-state index is 6.57. The highest BCUT2D eigenvalue weighted by Crippen LogP contribution is 2.42. The fourth-order valence-corrected chi connectivity index (χ4v) is 3.97. The average Bonchev–Trinajstić information content (AvgIpc) is 3.21. The Morgan fingerprint density at radius 3 is 2.67 bits per heavy atom. The van der Waals surface area contributed by atoms with Crippen LogP contribution in [0.2, 0.25) is 5.02 Å². The quantitative estimate of drug-likeness (QED) is 0.658. The summed E-state index contributed by atoms with van der Waals surface area (Å²) in [6, 6.07) is 13.9. The van der Waals surface area contributed by atoms with Gasteiger partial charge in [-0.1, -0.05) is 29.8 Å². The molecule has 2 N–H and O–H groups in total. The highest BCUT2D eigenvalue weighted by atomic mass is 35.5. The van der Waals surface area contributed by atoms with Crippen LogP contribution in [0, 0.1) is 0 Å². The first-order chi connectivity index (χ1) is 12.8. The SMILES string of the molecule is Cl.Clc1ccccc1C1(c2ccnc(NCc3ccco3)n2)CCNCC1. The highest BCUT2D eigenvalue weighted by Gasteiger charge is 2.38. The Morgan fingerprint density at radius 2 is 1.93 bits per heavy atom. The van der Waals surface area contributed by atoms with Gasteiger partial charge in [-0.05, 0) is 55.8 Å². The molecule has 0 bridgehead atoms. The summed E-state index contributed by atoms with van der Waals surface area (Å²) in [7, 11) is 0. The predicted octanol–water partition coefficient (Wildman–Crippen LogP) is 4.43. The number of nitrogens with one attached hydrogen (secondary N) is 2. The molecule has 1 fully saturated rings. The van der Waals surface area contributed by atoms with E-state index in [1.807, 2.05) is 42.6 Å². The van der Waals surface area contributed by atoms with Gasteiger partial charge in [0.05, 0.1) is 18.5 Å². The van der Waals surface area contributed by atoms with Gasteiger partial charge in [-0.15, -0.1) is 12.4 Å². The number of nitrogens with zero attached hydrogens (tertiary/aromatic N) is 2. The summed E-state index contributed by atoms with van der Waals surface area (Å²) in [6.45, 7) is 2.42. The molecule has 142 valence electrons. The minimum absolute atomic E-state index is 0. The molecule has 3 heterocycles. The third kappa shape index (κ3) is 4.10. The van der Waals surface area contributed by atoms with Gasteiger partial charge in [-0.2, -0.15) is 0 Å². The summed E-state index contributed by atoms with van der Waals surface area (Å²) in [5.74, 6) is 1.45. The van der Waals surface area contributed by atoms with Crippen LogP contribution in [0.5, 0.6) is 0 Å². The molecule has 1 aliphatic heterocycles. The van der Waals surface area contributed by atoms with Crippen LogP contribution in [-0.2, 0) is 12.0 Å². The first-order valence-electron chi connectivity index (χ1n) is 8.83. The Labute approximate surface area is 170 Å². The number of rotatable bonds is 5. The lowest BCUT2D eigenvalue weighted by molar-refractivity contribution is 0.354. The first kappa shape index (κ1) is 19.7. The molecule has 4 rings (SSSR count). The van der Waals surface area contributed by atoms with Crippen molar-refractivity contribution in [3.8, 4) is 0 Å². The molecule has 2 aromatic heterocycles. The van der Waals surface area contributed by atoms with Crippen molar-refractivity contribution in [2.45, 2.75) is 24.8 Å². The average molecular weight is 405 g/mol. The van der Waals surface area contributed by atoms with E-state index in [2.05, 4.69) is 21.7 Å². The first-order valence-corrected chi connectivity index (χ1v) is 9.21. The summed E-state index contributed by atoms with van der Waals surface area (Å²) in [5, 5.41) is 7.48. The summed E-state index contributed by atoms with van der Waals surface area (Å²) in [6.07, 6.45) is 5.37. The number of hydrogen-bond acceptors (Lipinski definition) is 5. The van der Waals surface area contributed by atoms with E-state index in [0.717, 1.165) is 48.0 Å². The summed E-state index contributed by atoms with van der Waals surface area (Å²) >= 11 is 6.57. The van der Waals surface area contributed by atoms with Crippen molar-refractivity contribution in [2.75, 3.05) is 18.4 Å². The maximum atomic E-state index is 6.57. The summed E-state index contributed by atoms with van der Waals surface area (Å²) in [5.41, 5.74) is 1.94. The number of aromatic nitrogens is 2. The summed E-state index contributed by atoms with van der Waals surface area (Å²) in [4.78, 5) is 9.20. The third-order valence-corrected chi connectivity index (χ3v) is 5.32. The number of anilines is 1. The zero-order valence-corrected chi connectivity index (χ0v) is 16.4. The molecule has 0 unspecified atom stereocenters. The molecule has 1 saturated heterocycles. The van der Waals surface area contributed by atoms with Crippen molar-refractivity contribution in [3.63, 3.8) is 0 Å². The van der Waals surface area contributed by atoms with Crippen LogP contribution >= 0.6 is 24.0 Å². The maximum Gasteiger partial charge on any atom is 0.223 e. The highest BCUT2D eigenvalue weighted by molar-refractivity contribution is 6.31. The molecule has 0 saturated carbocycles. The monoisotopic (exact) mass is 404 g/mol. The van der Waals surface area contributed by atoms with Gasteiger partial charge < -0.3 is 15.1 Å². The van der Waals surface area contributed by atoms with E-state index >= 15 is 0 Å². The van der Waals surface area contributed by atoms with Crippen LogP contribution in [0.4, 0.5) is 5.95 Å². The van der Waals surface area contributed by atoms with Crippen LogP contribution in [0.3, 0.4) is 0 Å². The van der Waals surface area contributed by atoms with Gasteiger partial charge in [-0.3, -0.25) is 0 Å². The number of piperidine rings is 1. The van der Waals surface area contributed by atoms with E-state index in [1.54, 1.807) is 6.26 Å². The number of hydrogen-bond donors (Lipinski definition) is 2. The fourth-order valence-electron chi connectivity index (χ4n) is 3.66. The smallest absolute Gasteiger partial charge is 0.223 e. The standard InChI is InChI=1S/C20H21ClN4O.ClH/c21-17-6-2-1-5-16(17)20(8-11-22-12-9-20)18-7-10-23-19(25-18)24-14-15-4-3-13-26-15;/h1-7,10,13,22H,8-9,11-12,14H2,(H,23,24,25);1H. The molecular formula is C20H22Cl2N4O. The normalized spacial score (nSPS) is 15.7. The molecule has 0 spiro atoms. The van der Waals surface area contributed by atoms with Crippen LogP contribution in [0.15, 0.2) is 59.3 Å². The van der Waals surface area contributed by atoms with Gasteiger partial charge in [0.25, 0.3) is 0 Å². The molecule has 5 nitrogen and oxygen atoms in total. The summed E-state index contributed by atoms with van der Waals surface area (Å²) < 4.78 is 5.36. The molecule has 1 aliphatic rings. The molecular weight excluding hydrogens is 383 g/mol. The van der Waals surface area contributed by atoms with Gasteiger partial charge in [-0.25, -0.2) is 9.97 Å². The number of furan rings is 1. The molecule has 0 aliphatic carbocycles. The Morgan fingerprint density at radius 1 is 1.11 bits per heavy atom. The lowest BCUT2D eigenvalue weighted by Gasteiger charge is -2.38. The molecule has 7 heteroatoms. The molecule has 0 amide bonds. The zero-order valence-electron chi connectivity index (χ0n) is 14.8. The van der Waals surface area contributed by atoms with Gasteiger partial charge in [0.1, 0.15) is 5.76 Å². The van der Waals surface area contributed by atoms with Crippen molar-refractivity contribution >= 4 is 30.0 Å². The Kier molecular flexibility index (Phi) is 6.37. The van der Waals surface area contributed by atoms with Crippen LogP contribution in [0.1, 0.15) is 29.9 Å². The van der Waals surface area contributed by atoms with Crippen molar-refractivity contribution < 1.29 is 4.42 Å². The second-order valence-corrected chi connectivity index (χ2v) is 6.92. The second kappa shape index (κ2) is 8.74. The van der Waals surface area contributed by atoms with Gasteiger partial charge in [0, 0.05) is 16.6 Å². The molecule has 0 atom stereocenters. The second-order valence-electron chi connectivity index (χ2n) is 6.51. The van der Waals surface area contributed by atoms with Crippen LogP contribution < -0.4 is 10.6 Å². The fraction of sp³-hybridized carbons (Fsp3) is 0.300. The van der Waals surface area contributed by atoms with Crippen molar-refractivity contribution in [3.05, 3.63) is 77.0 Å². The van der Waals surface area contributed by atoms with E-state index in [-0.39, 0.29) is 17.8 Å². The minimum atomic E-state index is -0.201. The Bertz CT molecular complexity index is 864. The van der Waals surface area contributed by atoms with E-state index in [9.17, 15) is 0 Å². The van der Waals surface area contributed by atoms with Gasteiger partial charge in [0.2, 0.25) is 5.95 Å². The molecule has 0 radical (unpaired) electrons. The van der Waals surface area contributed by atoms with E-state index in [4.69, 9.17) is 21.0 Å². The Balaban J connectivity index is 0.00000210. The zero-order chi connectivity index (χ0) is 17.8. The van der Waals surface area contributed by atoms with Crippen molar-refractivity contribution in [2.24, 2.45) is 0 Å². The van der Waals surface area contributed by atoms with Crippen molar-refractivity contribution in [1.29, 1.82) is 0 Å². The van der Waals surface area contributed by atoms with E-state index < -0.39 is 0 Å². The number of benzene rings is 1. The largest absolute Gasteiger partial charge is 0.467 e. The molecule has 3 aromatic rings. The lowest BCUT2D eigenvalue weighted by Crippen LogP contribution is -2.41. The van der Waals surface area contributed by atoms with Crippen molar-refractivity contribution in [1.82, 2.24) is 15.3 Å². The molecule has 1 aromatic carbocycles. The predicted molar refractivity (Wildman–Crippen MR) is 110 cm³/mol. The molecule has 27 heavy (non-hydrogen) atoms. The van der Waals surface area contributed by atoms with Crippen LogP contribution in [0.25, 0.3) is 0 Å². The van der Waals surface area contributed by atoms with Gasteiger partial charge in [0.15, 0.2) is 0 Å². The van der Waals surface area contributed by atoms with E-state index in [0.29, 0.717) is 12.5 Å². The minimum Gasteiger partial charge on any atom is -0.467 e. The lowest BCUT2D eigenvalue weighted by atomic mass is 9.70. The van der Waals surface area contributed by atoms with Gasteiger partial charge >= 0.3 is 0 Å². The topological polar surface area (TPSA) is 63.0 Å².